The van der Waals surface area contributed by atoms with Crippen LogP contribution >= 0.6 is 0 Å². The Morgan fingerprint density at radius 2 is 1.95 bits per heavy atom. The maximum absolute atomic E-state index is 13.8. The molecule has 1 heterocycles. The Hall–Kier alpha value is -3.23. The molecule has 0 radical (unpaired) electrons. The summed E-state index contributed by atoms with van der Waals surface area (Å²) in [5.41, 5.74) is 1.76. The van der Waals surface area contributed by atoms with E-state index in [0.29, 0.717) is 28.8 Å². The van der Waals surface area contributed by atoms with Crippen LogP contribution in [0.1, 0.15) is 75.3 Å². The van der Waals surface area contributed by atoms with Crippen molar-refractivity contribution in [3.63, 3.8) is 0 Å². The molecule has 200 valence electrons. The number of nitrogens with one attached hydrogen (secondary N) is 3. The van der Waals surface area contributed by atoms with Crippen LogP contribution in [0.5, 0.6) is 0 Å². The Morgan fingerprint density at radius 1 is 1.24 bits per heavy atom. The highest BCUT2D eigenvalue weighted by atomic mass is 19.4. The molecular weight excluding hydrogens is 497 g/mol. The third kappa shape index (κ3) is 6.76. The number of nitriles is 1. The third-order valence-electron chi connectivity index (χ3n) is 7.16. The highest BCUT2D eigenvalue weighted by Crippen LogP contribution is 2.43. The number of alkyl halides is 5. The molecule has 0 bridgehead atoms. The van der Waals surface area contributed by atoms with Crippen molar-refractivity contribution in [3.8, 4) is 6.07 Å². The van der Waals surface area contributed by atoms with Crippen molar-refractivity contribution in [2.24, 2.45) is 17.8 Å². The van der Waals surface area contributed by atoms with E-state index >= 15 is 0 Å². The van der Waals surface area contributed by atoms with E-state index in [1.807, 2.05) is 0 Å². The van der Waals surface area contributed by atoms with Crippen LogP contribution in [0.3, 0.4) is 0 Å². The van der Waals surface area contributed by atoms with Crippen LogP contribution in [-0.2, 0) is 9.59 Å². The second kappa shape index (κ2) is 10.3. The zero-order valence-corrected chi connectivity index (χ0v) is 20.2. The van der Waals surface area contributed by atoms with E-state index in [1.165, 1.54) is 0 Å². The molecule has 37 heavy (non-hydrogen) atoms. The summed E-state index contributed by atoms with van der Waals surface area (Å²) in [6, 6.07) is 5.95. The first kappa shape index (κ1) is 26.8. The number of carbonyl (C=O) groups excluding carboxylic acids is 2. The molecule has 4 rings (SSSR count). The van der Waals surface area contributed by atoms with Crippen molar-refractivity contribution >= 4 is 22.8 Å². The fraction of sp³-hybridized carbons (Fsp3) is 0.600. The molecular formula is C25H28F5N5O2. The van der Waals surface area contributed by atoms with Gasteiger partial charge in [-0.05, 0) is 49.8 Å². The number of imidazole rings is 1. The minimum absolute atomic E-state index is 0.202. The van der Waals surface area contributed by atoms with Gasteiger partial charge in [-0.15, -0.1) is 0 Å². The van der Waals surface area contributed by atoms with Crippen LogP contribution in [0.2, 0.25) is 0 Å². The number of aromatic nitrogens is 2. The molecule has 0 saturated heterocycles. The Balaban J connectivity index is 1.51. The first-order valence-electron chi connectivity index (χ1n) is 12.3. The van der Waals surface area contributed by atoms with Crippen molar-refractivity contribution in [2.45, 2.75) is 76.1 Å². The molecule has 3 N–H and O–H groups in total. The number of halogens is 5. The summed E-state index contributed by atoms with van der Waals surface area (Å²) in [5.74, 6) is -4.39. The number of rotatable bonds is 8. The number of hydrogen-bond acceptors (Lipinski definition) is 4. The highest BCUT2D eigenvalue weighted by Gasteiger charge is 2.46. The fourth-order valence-corrected chi connectivity index (χ4v) is 4.81. The summed E-state index contributed by atoms with van der Waals surface area (Å²) in [6.07, 6.45) is -5.99. The van der Waals surface area contributed by atoms with Gasteiger partial charge in [0.25, 0.3) is 0 Å². The van der Waals surface area contributed by atoms with Crippen molar-refractivity contribution in [2.75, 3.05) is 0 Å². The molecule has 2 amide bonds. The van der Waals surface area contributed by atoms with Crippen molar-refractivity contribution in [1.29, 1.82) is 5.26 Å². The number of nitrogens with zero attached hydrogens (tertiary/aromatic N) is 2. The van der Waals surface area contributed by atoms with E-state index in [0.717, 1.165) is 0 Å². The molecule has 7 nitrogen and oxygen atoms in total. The van der Waals surface area contributed by atoms with Gasteiger partial charge >= 0.3 is 6.18 Å². The highest BCUT2D eigenvalue weighted by molar-refractivity contribution is 5.83. The lowest BCUT2D eigenvalue weighted by Gasteiger charge is -2.33. The van der Waals surface area contributed by atoms with Gasteiger partial charge in [0.05, 0.1) is 47.4 Å². The second-order valence-corrected chi connectivity index (χ2v) is 10.1. The molecule has 12 heteroatoms. The van der Waals surface area contributed by atoms with E-state index in [9.17, 15) is 31.5 Å². The van der Waals surface area contributed by atoms with Gasteiger partial charge in [-0.2, -0.15) is 18.4 Å². The fourth-order valence-electron chi connectivity index (χ4n) is 4.81. The molecule has 2 fully saturated rings. The van der Waals surface area contributed by atoms with Gasteiger partial charge in [-0.3, -0.25) is 9.59 Å². The number of amides is 2. The summed E-state index contributed by atoms with van der Waals surface area (Å²) >= 11 is 0. The van der Waals surface area contributed by atoms with Crippen LogP contribution < -0.4 is 10.6 Å². The van der Waals surface area contributed by atoms with Crippen LogP contribution in [-0.4, -0.2) is 33.9 Å². The van der Waals surface area contributed by atoms with Gasteiger partial charge in [0.2, 0.25) is 17.7 Å². The van der Waals surface area contributed by atoms with Gasteiger partial charge in [-0.25, -0.2) is 13.8 Å². The summed E-state index contributed by atoms with van der Waals surface area (Å²) < 4.78 is 64.7. The maximum Gasteiger partial charge on any atom is 0.389 e. The van der Waals surface area contributed by atoms with E-state index in [1.54, 1.807) is 25.1 Å². The third-order valence-corrected chi connectivity index (χ3v) is 7.16. The predicted octanol–water partition coefficient (Wildman–Crippen LogP) is 5.23. The van der Waals surface area contributed by atoms with Gasteiger partial charge in [0.1, 0.15) is 5.82 Å². The van der Waals surface area contributed by atoms with E-state index in [2.05, 4.69) is 26.7 Å². The topological polar surface area (TPSA) is 111 Å². The molecule has 0 spiro atoms. The lowest BCUT2D eigenvalue weighted by atomic mass is 9.81. The number of hydrogen-bond donors (Lipinski definition) is 3. The van der Waals surface area contributed by atoms with Crippen molar-refractivity contribution in [1.82, 2.24) is 20.6 Å². The van der Waals surface area contributed by atoms with Crippen LogP contribution in [0, 0.1) is 29.1 Å². The number of aromatic amines is 1. The van der Waals surface area contributed by atoms with Crippen molar-refractivity contribution < 1.29 is 31.5 Å². The van der Waals surface area contributed by atoms with E-state index in [-0.39, 0.29) is 43.4 Å². The quantitative estimate of drug-likeness (QED) is 0.410. The molecule has 0 unspecified atom stereocenters. The van der Waals surface area contributed by atoms with Crippen LogP contribution in [0.15, 0.2) is 18.2 Å². The standard InChI is InChI=1S/C25H28F5N5O2/c1-13(32-20(36)6-9-25(28,29)30)15-2-3-18-19(11-15)34-22(33-18)21(14-4-7-24(26,27)8-5-14)35-23(37)17-10-16(17)12-31/h2-3,11,13-14,16-17,21H,4-10H2,1H3,(H,32,36)(H,33,34)(H,35,37)/t13-,16-,17-,21+/m1/s1. The average Bonchev–Trinajstić information content (AvgIpc) is 3.50. The minimum Gasteiger partial charge on any atom is -0.350 e. The van der Waals surface area contributed by atoms with Gasteiger partial charge in [-0.1, -0.05) is 6.07 Å². The average molecular weight is 526 g/mol. The molecule has 0 aliphatic heterocycles. The lowest BCUT2D eigenvalue weighted by Crippen LogP contribution is -2.38. The largest absolute Gasteiger partial charge is 0.389 e. The monoisotopic (exact) mass is 525 g/mol. The molecule has 4 atom stereocenters. The first-order valence-corrected chi connectivity index (χ1v) is 12.3. The summed E-state index contributed by atoms with van der Waals surface area (Å²) in [5, 5.41) is 14.5. The Bertz CT molecular complexity index is 1190. The molecule has 2 aliphatic carbocycles. The molecule has 2 aliphatic rings. The SMILES string of the molecule is C[C@@H](NC(=O)CCC(F)(F)F)c1ccc2nc([C@@H](NC(=O)[C@@H]3C[C@@H]3C#N)C3CCC(F)(F)CC3)[nH]c2c1. The summed E-state index contributed by atoms with van der Waals surface area (Å²) in [6.45, 7) is 1.65. The smallest absolute Gasteiger partial charge is 0.350 e. The van der Waals surface area contributed by atoms with Crippen molar-refractivity contribution in [3.05, 3.63) is 29.6 Å². The lowest BCUT2D eigenvalue weighted by molar-refractivity contribution is -0.144. The van der Waals surface area contributed by atoms with Gasteiger partial charge in [0, 0.05) is 19.3 Å². The van der Waals surface area contributed by atoms with E-state index < -0.39 is 48.8 Å². The molecule has 2 saturated carbocycles. The number of carbonyl (C=O) groups is 2. The van der Waals surface area contributed by atoms with Crippen LogP contribution in [0.25, 0.3) is 11.0 Å². The Morgan fingerprint density at radius 3 is 2.57 bits per heavy atom. The predicted molar refractivity (Wildman–Crippen MR) is 123 cm³/mol. The van der Waals surface area contributed by atoms with Gasteiger partial charge < -0.3 is 15.6 Å². The number of fused-ring (bicyclic) bond motifs is 1. The zero-order valence-electron chi connectivity index (χ0n) is 20.2. The van der Waals surface area contributed by atoms with E-state index in [4.69, 9.17) is 5.26 Å². The van der Waals surface area contributed by atoms with Crippen LogP contribution in [0.4, 0.5) is 22.0 Å². The molecule has 2 aromatic rings. The Labute approximate surface area is 210 Å². The minimum atomic E-state index is -4.42. The number of H-pyrrole nitrogens is 1. The zero-order chi connectivity index (χ0) is 27.0. The second-order valence-electron chi connectivity index (χ2n) is 10.1. The first-order chi connectivity index (χ1) is 17.3. The molecule has 1 aromatic heterocycles. The summed E-state index contributed by atoms with van der Waals surface area (Å²) in [4.78, 5) is 32.4. The maximum atomic E-state index is 13.8. The van der Waals surface area contributed by atoms with Gasteiger partial charge in [0.15, 0.2) is 0 Å². The normalized spacial score (nSPS) is 23.2. The summed E-state index contributed by atoms with van der Waals surface area (Å²) in [7, 11) is 0. The number of benzene rings is 1. The Kier molecular flexibility index (Phi) is 7.44. The molecule has 1 aromatic carbocycles.